The van der Waals surface area contributed by atoms with Crippen molar-refractivity contribution in [2.24, 2.45) is 7.05 Å². The quantitative estimate of drug-likeness (QED) is 0.674. The Morgan fingerprint density at radius 1 is 1.30 bits per heavy atom. The Kier molecular flexibility index (Phi) is 5.09. The van der Waals surface area contributed by atoms with E-state index >= 15 is 0 Å². The van der Waals surface area contributed by atoms with Crippen molar-refractivity contribution in [3.63, 3.8) is 0 Å². The first-order valence-corrected chi connectivity index (χ1v) is 8.60. The van der Waals surface area contributed by atoms with Crippen LogP contribution in [-0.4, -0.2) is 22.6 Å². The van der Waals surface area contributed by atoms with Crippen LogP contribution >= 0.6 is 12.2 Å². The van der Waals surface area contributed by atoms with Crippen molar-refractivity contribution in [1.82, 2.24) is 14.9 Å². The highest BCUT2D eigenvalue weighted by Gasteiger charge is 2.15. The predicted molar refractivity (Wildman–Crippen MR) is 103 cm³/mol. The van der Waals surface area contributed by atoms with Crippen LogP contribution in [0, 0.1) is 10.6 Å². The van der Waals surface area contributed by atoms with Crippen molar-refractivity contribution in [2.45, 2.75) is 13.0 Å². The third-order valence-corrected chi connectivity index (χ3v) is 4.76. The van der Waals surface area contributed by atoms with E-state index in [9.17, 15) is 14.0 Å². The third-order valence-electron chi connectivity index (χ3n) is 4.39. The summed E-state index contributed by atoms with van der Waals surface area (Å²) in [5, 5.41) is 3.25. The number of rotatable bonds is 4. The van der Waals surface area contributed by atoms with Gasteiger partial charge in [-0.1, -0.05) is 6.07 Å². The number of fused-ring (bicyclic) bond motifs is 1. The fourth-order valence-electron chi connectivity index (χ4n) is 2.76. The van der Waals surface area contributed by atoms with Gasteiger partial charge >= 0.3 is 0 Å². The molecule has 0 spiro atoms. The number of ether oxygens (including phenoxy) is 1. The van der Waals surface area contributed by atoms with Crippen molar-refractivity contribution in [1.29, 1.82) is 0 Å². The van der Waals surface area contributed by atoms with Gasteiger partial charge in [0.1, 0.15) is 0 Å². The van der Waals surface area contributed by atoms with Gasteiger partial charge in [0, 0.05) is 12.6 Å². The molecule has 6 nitrogen and oxygen atoms in total. The molecule has 0 saturated carbocycles. The maximum atomic E-state index is 13.9. The van der Waals surface area contributed by atoms with Crippen LogP contribution in [0.15, 0.2) is 41.2 Å². The Morgan fingerprint density at radius 2 is 2.04 bits per heavy atom. The van der Waals surface area contributed by atoms with Crippen molar-refractivity contribution < 1.29 is 13.9 Å². The SMILES string of the molecule is COc1ccc(C(C)NC(=O)c2ccc3c(=O)n(C)c(=S)[nH]c3c2)cc1F. The van der Waals surface area contributed by atoms with Crippen molar-refractivity contribution >= 4 is 29.0 Å². The zero-order valence-corrected chi connectivity index (χ0v) is 15.8. The molecule has 0 fully saturated rings. The number of carbonyl (C=O) groups is 1. The highest BCUT2D eigenvalue weighted by atomic mass is 32.1. The monoisotopic (exact) mass is 387 g/mol. The molecule has 0 aliphatic carbocycles. The molecule has 0 radical (unpaired) electrons. The van der Waals surface area contributed by atoms with E-state index in [1.807, 2.05) is 0 Å². The number of amides is 1. The molecule has 0 aliphatic heterocycles. The Labute approximate surface area is 159 Å². The average molecular weight is 387 g/mol. The number of carbonyl (C=O) groups excluding carboxylic acids is 1. The normalized spacial score (nSPS) is 12.0. The number of nitrogens with one attached hydrogen (secondary N) is 2. The largest absolute Gasteiger partial charge is 0.494 e. The topological polar surface area (TPSA) is 76.1 Å². The zero-order chi connectivity index (χ0) is 19.7. The average Bonchev–Trinajstić information content (AvgIpc) is 2.65. The van der Waals surface area contributed by atoms with Crippen LogP contribution in [0.25, 0.3) is 10.9 Å². The van der Waals surface area contributed by atoms with Crippen LogP contribution in [0.4, 0.5) is 4.39 Å². The van der Waals surface area contributed by atoms with Crippen LogP contribution in [0.3, 0.4) is 0 Å². The molecule has 1 atom stereocenters. The molecule has 3 rings (SSSR count). The van der Waals surface area contributed by atoms with Crippen molar-refractivity contribution in [3.05, 3.63) is 68.5 Å². The highest BCUT2D eigenvalue weighted by molar-refractivity contribution is 7.71. The Morgan fingerprint density at radius 3 is 2.70 bits per heavy atom. The predicted octanol–water partition coefficient (Wildman–Crippen LogP) is 3.23. The first-order chi connectivity index (χ1) is 12.8. The number of hydrogen-bond acceptors (Lipinski definition) is 4. The Hall–Kier alpha value is -3.00. The first kappa shape index (κ1) is 18.8. The van der Waals surface area contributed by atoms with Crippen LogP contribution in [0.1, 0.15) is 28.9 Å². The van der Waals surface area contributed by atoms with Crippen molar-refractivity contribution in [3.8, 4) is 5.75 Å². The van der Waals surface area contributed by atoms with E-state index in [2.05, 4.69) is 10.3 Å². The minimum atomic E-state index is -0.495. The molecule has 1 amide bonds. The molecule has 27 heavy (non-hydrogen) atoms. The van der Waals surface area contributed by atoms with Gasteiger partial charge < -0.3 is 15.0 Å². The molecule has 2 aromatic carbocycles. The fourth-order valence-corrected chi connectivity index (χ4v) is 2.96. The fraction of sp³-hybridized carbons (Fsp3) is 0.211. The molecule has 1 heterocycles. The summed E-state index contributed by atoms with van der Waals surface area (Å²) in [5.41, 5.74) is 1.22. The highest BCUT2D eigenvalue weighted by Crippen LogP contribution is 2.22. The molecule has 3 aromatic rings. The van der Waals surface area contributed by atoms with Gasteiger partial charge in [-0.15, -0.1) is 0 Å². The summed E-state index contributed by atoms with van der Waals surface area (Å²) in [5.74, 6) is -0.700. The summed E-state index contributed by atoms with van der Waals surface area (Å²) in [4.78, 5) is 27.7. The van der Waals surface area contributed by atoms with Gasteiger partial charge in [-0.3, -0.25) is 14.2 Å². The number of hydrogen-bond donors (Lipinski definition) is 2. The lowest BCUT2D eigenvalue weighted by molar-refractivity contribution is 0.0940. The van der Waals surface area contributed by atoms with E-state index in [1.54, 1.807) is 38.2 Å². The lowest BCUT2D eigenvalue weighted by atomic mass is 10.1. The maximum Gasteiger partial charge on any atom is 0.261 e. The summed E-state index contributed by atoms with van der Waals surface area (Å²) < 4.78 is 20.4. The smallest absolute Gasteiger partial charge is 0.261 e. The number of benzene rings is 2. The van der Waals surface area contributed by atoms with E-state index in [0.717, 1.165) is 0 Å². The van der Waals surface area contributed by atoms with Gasteiger partial charge in [-0.05, 0) is 55.0 Å². The van der Waals surface area contributed by atoms with Crippen molar-refractivity contribution in [2.75, 3.05) is 7.11 Å². The van der Waals surface area contributed by atoms with Gasteiger partial charge in [-0.25, -0.2) is 4.39 Å². The zero-order valence-electron chi connectivity index (χ0n) is 15.0. The van der Waals surface area contributed by atoms with E-state index in [1.165, 1.54) is 23.8 Å². The second-order valence-corrected chi connectivity index (χ2v) is 6.53. The lowest BCUT2D eigenvalue weighted by Crippen LogP contribution is -2.27. The summed E-state index contributed by atoms with van der Waals surface area (Å²) >= 11 is 5.10. The van der Waals surface area contributed by atoms with Gasteiger partial charge in [0.2, 0.25) is 0 Å². The van der Waals surface area contributed by atoms with Crippen LogP contribution in [0.5, 0.6) is 5.75 Å². The molecule has 1 aromatic heterocycles. The van der Waals surface area contributed by atoms with Gasteiger partial charge in [0.05, 0.1) is 24.1 Å². The Bertz CT molecular complexity index is 1150. The lowest BCUT2D eigenvalue weighted by Gasteiger charge is -2.15. The van der Waals surface area contributed by atoms with Crippen LogP contribution in [0.2, 0.25) is 0 Å². The molecule has 8 heteroatoms. The number of H-pyrrole nitrogens is 1. The number of halogens is 1. The summed E-state index contributed by atoms with van der Waals surface area (Å²) in [6, 6.07) is 8.82. The second kappa shape index (κ2) is 7.32. The number of nitrogens with zero attached hydrogens (tertiary/aromatic N) is 1. The molecular formula is C19H18FN3O3S. The standard InChI is InChI=1S/C19H18FN3O3S/c1-10(11-5-7-16(26-3)14(20)8-11)21-17(24)12-4-6-13-15(9-12)22-19(27)23(2)18(13)25/h4-10H,1-3H3,(H,21,24)(H,22,27). The first-order valence-electron chi connectivity index (χ1n) is 8.19. The summed E-state index contributed by atoms with van der Waals surface area (Å²) in [6.07, 6.45) is 0. The molecule has 0 saturated heterocycles. The molecule has 0 aliphatic rings. The molecule has 140 valence electrons. The number of methoxy groups -OCH3 is 1. The van der Waals surface area contributed by atoms with Crippen LogP contribution < -0.4 is 15.6 Å². The van der Waals surface area contributed by atoms with Gasteiger partial charge in [-0.2, -0.15) is 0 Å². The van der Waals surface area contributed by atoms with Gasteiger partial charge in [0.15, 0.2) is 16.3 Å². The van der Waals surface area contributed by atoms with E-state index in [4.69, 9.17) is 17.0 Å². The van der Waals surface area contributed by atoms with E-state index < -0.39 is 11.9 Å². The molecular weight excluding hydrogens is 369 g/mol. The minimum absolute atomic E-state index is 0.142. The molecule has 2 N–H and O–H groups in total. The molecule has 1 unspecified atom stereocenters. The summed E-state index contributed by atoms with van der Waals surface area (Å²) in [6.45, 7) is 1.75. The second-order valence-electron chi connectivity index (χ2n) is 6.14. The van der Waals surface area contributed by atoms with Gasteiger partial charge in [0.25, 0.3) is 11.5 Å². The third kappa shape index (κ3) is 3.61. The van der Waals surface area contributed by atoms with E-state index in [0.29, 0.717) is 22.0 Å². The molecule has 0 bridgehead atoms. The summed E-state index contributed by atoms with van der Waals surface area (Å²) in [7, 11) is 2.97. The number of aromatic amines is 1. The van der Waals surface area contributed by atoms with Crippen LogP contribution in [-0.2, 0) is 7.05 Å². The Balaban J connectivity index is 1.87. The van der Waals surface area contributed by atoms with E-state index in [-0.39, 0.29) is 22.0 Å². The number of aromatic nitrogens is 2. The minimum Gasteiger partial charge on any atom is -0.494 e. The maximum absolute atomic E-state index is 13.9.